The van der Waals surface area contributed by atoms with Crippen LogP contribution in [0.2, 0.25) is 0 Å². The maximum absolute atomic E-state index is 10.1. The molecule has 0 aliphatic rings. The number of methoxy groups -OCH3 is 2. The second kappa shape index (κ2) is 7.72. The molecule has 108 valence electrons. The molecule has 0 aliphatic heterocycles. The SMILES string of the molecule is CCCC[C@@H](O)[C@@H](N)c1cc(OC)c(Br)cc1OC. The van der Waals surface area contributed by atoms with Crippen LogP contribution in [0.25, 0.3) is 0 Å². The number of unbranched alkanes of at least 4 members (excludes halogenated alkanes) is 1. The van der Waals surface area contributed by atoms with Gasteiger partial charge in [-0.05, 0) is 34.5 Å². The fourth-order valence-corrected chi connectivity index (χ4v) is 2.43. The van der Waals surface area contributed by atoms with E-state index in [1.54, 1.807) is 20.3 Å². The number of halogens is 1. The maximum Gasteiger partial charge on any atom is 0.133 e. The van der Waals surface area contributed by atoms with Gasteiger partial charge in [0.15, 0.2) is 0 Å². The minimum absolute atomic E-state index is 0.483. The molecule has 0 heterocycles. The second-order valence-electron chi connectivity index (χ2n) is 4.46. The van der Waals surface area contributed by atoms with Gasteiger partial charge < -0.3 is 20.3 Å². The second-order valence-corrected chi connectivity index (χ2v) is 5.32. The molecule has 0 aliphatic carbocycles. The third kappa shape index (κ3) is 4.09. The van der Waals surface area contributed by atoms with E-state index in [-0.39, 0.29) is 0 Å². The molecule has 0 aromatic heterocycles. The predicted octanol–water partition coefficient (Wildman–Crippen LogP) is 3.02. The highest BCUT2D eigenvalue weighted by molar-refractivity contribution is 9.10. The van der Waals surface area contributed by atoms with Crippen LogP contribution in [0.5, 0.6) is 11.5 Å². The van der Waals surface area contributed by atoms with Gasteiger partial charge in [-0.2, -0.15) is 0 Å². The summed E-state index contributed by atoms with van der Waals surface area (Å²) in [5.41, 5.74) is 6.88. The van der Waals surface area contributed by atoms with Gasteiger partial charge in [-0.3, -0.25) is 0 Å². The number of hydrogen-bond acceptors (Lipinski definition) is 4. The van der Waals surface area contributed by atoms with Crippen LogP contribution in [0, 0.1) is 0 Å². The van der Waals surface area contributed by atoms with Crippen molar-refractivity contribution < 1.29 is 14.6 Å². The summed E-state index contributed by atoms with van der Waals surface area (Å²) < 4.78 is 11.4. The lowest BCUT2D eigenvalue weighted by molar-refractivity contribution is 0.131. The minimum atomic E-state index is -0.584. The van der Waals surface area contributed by atoms with E-state index >= 15 is 0 Å². The first kappa shape index (κ1) is 16.3. The van der Waals surface area contributed by atoms with Crippen molar-refractivity contribution in [2.75, 3.05) is 14.2 Å². The van der Waals surface area contributed by atoms with Crippen molar-refractivity contribution in [2.45, 2.75) is 38.3 Å². The number of aliphatic hydroxyl groups excluding tert-OH is 1. The summed E-state index contributed by atoms with van der Waals surface area (Å²) in [6.45, 7) is 2.08. The number of rotatable bonds is 7. The van der Waals surface area contributed by atoms with Crippen LogP contribution < -0.4 is 15.2 Å². The van der Waals surface area contributed by atoms with Gasteiger partial charge in [0.25, 0.3) is 0 Å². The number of nitrogens with two attached hydrogens (primary N) is 1. The Hall–Kier alpha value is -0.780. The van der Waals surface area contributed by atoms with Gasteiger partial charge >= 0.3 is 0 Å². The lowest BCUT2D eigenvalue weighted by atomic mass is 9.97. The van der Waals surface area contributed by atoms with Crippen LogP contribution in [0.1, 0.15) is 37.8 Å². The molecule has 0 saturated carbocycles. The van der Waals surface area contributed by atoms with Crippen LogP contribution in [-0.2, 0) is 0 Å². The fraction of sp³-hybridized carbons (Fsp3) is 0.571. The molecule has 19 heavy (non-hydrogen) atoms. The minimum Gasteiger partial charge on any atom is -0.496 e. The summed E-state index contributed by atoms with van der Waals surface area (Å²) in [5, 5.41) is 10.1. The normalized spacial score (nSPS) is 14.0. The first-order valence-corrected chi connectivity index (χ1v) is 7.19. The Morgan fingerprint density at radius 2 is 1.89 bits per heavy atom. The van der Waals surface area contributed by atoms with E-state index < -0.39 is 12.1 Å². The van der Waals surface area contributed by atoms with Crippen LogP contribution in [-0.4, -0.2) is 25.4 Å². The van der Waals surface area contributed by atoms with Crippen molar-refractivity contribution in [2.24, 2.45) is 5.73 Å². The van der Waals surface area contributed by atoms with Gasteiger partial charge in [0, 0.05) is 5.56 Å². The van der Waals surface area contributed by atoms with Gasteiger partial charge in [-0.25, -0.2) is 0 Å². The van der Waals surface area contributed by atoms with Gasteiger partial charge in [0.05, 0.1) is 30.8 Å². The van der Waals surface area contributed by atoms with Crippen molar-refractivity contribution in [1.29, 1.82) is 0 Å². The molecular weight excluding hydrogens is 310 g/mol. The van der Waals surface area contributed by atoms with Crippen molar-refractivity contribution in [3.05, 3.63) is 22.2 Å². The first-order chi connectivity index (χ1) is 9.04. The average Bonchev–Trinajstić information content (AvgIpc) is 2.43. The van der Waals surface area contributed by atoms with E-state index in [2.05, 4.69) is 22.9 Å². The highest BCUT2D eigenvalue weighted by Crippen LogP contribution is 2.36. The van der Waals surface area contributed by atoms with Crippen LogP contribution in [0.15, 0.2) is 16.6 Å². The first-order valence-electron chi connectivity index (χ1n) is 6.40. The summed E-state index contributed by atoms with van der Waals surface area (Å²) in [6.07, 6.45) is 2.08. The zero-order valence-corrected chi connectivity index (χ0v) is 13.2. The van der Waals surface area contributed by atoms with E-state index in [9.17, 15) is 5.11 Å². The monoisotopic (exact) mass is 331 g/mol. The molecule has 4 nitrogen and oxygen atoms in total. The van der Waals surface area contributed by atoms with Crippen molar-refractivity contribution in [1.82, 2.24) is 0 Å². The number of aliphatic hydroxyl groups is 1. The largest absolute Gasteiger partial charge is 0.496 e. The van der Waals surface area contributed by atoms with Gasteiger partial charge in [-0.15, -0.1) is 0 Å². The van der Waals surface area contributed by atoms with Crippen molar-refractivity contribution >= 4 is 15.9 Å². The molecule has 2 atom stereocenters. The van der Waals surface area contributed by atoms with Crippen LogP contribution in [0.3, 0.4) is 0 Å². The molecule has 1 rings (SSSR count). The van der Waals surface area contributed by atoms with Crippen molar-refractivity contribution in [3.63, 3.8) is 0 Å². The number of ether oxygens (including phenoxy) is 2. The Balaban J connectivity index is 3.02. The van der Waals surface area contributed by atoms with E-state index in [1.165, 1.54) is 0 Å². The molecule has 0 amide bonds. The molecular formula is C14H22BrNO3. The van der Waals surface area contributed by atoms with Crippen molar-refractivity contribution in [3.8, 4) is 11.5 Å². The third-order valence-electron chi connectivity index (χ3n) is 3.13. The van der Waals surface area contributed by atoms with E-state index in [1.807, 2.05) is 6.07 Å². The quantitative estimate of drug-likeness (QED) is 0.806. The molecule has 5 heteroatoms. The van der Waals surface area contributed by atoms with E-state index in [0.29, 0.717) is 17.9 Å². The smallest absolute Gasteiger partial charge is 0.133 e. The highest BCUT2D eigenvalue weighted by atomic mass is 79.9. The summed E-state index contributed by atoms with van der Waals surface area (Å²) in [4.78, 5) is 0. The molecule has 0 unspecified atom stereocenters. The van der Waals surface area contributed by atoms with Crippen LogP contribution in [0.4, 0.5) is 0 Å². The molecule has 1 aromatic carbocycles. The van der Waals surface area contributed by atoms with E-state index in [4.69, 9.17) is 15.2 Å². The molecule has 3 N–H and O–H groups in total. The van der Waals surface area contributed by atoms with Crippen LogP contribution >= 0.6 is 15.9 Å². The zero-order chi connectivity index (χ0) is 14.4. The number of hydrogen-bond donors (Lipinski definition) is 2. The van der Waals surface area contributed by atoms with Gasteiger partial charge in [0.1, 0.15) is 11.5 Å². The highest BCUT2D eigenvalue weighted by Gasteiger charge is 2.21. The predicted molar refractivity (Wildman–Crippen MR) is 79.7 cm³/mol. The zero-order valence-electron chi connectivity index (χ0n) is 11.6. The average molecular weight is 332 g/mol. The molecule has 0 spiro atoms. The molecule has 0 bridgehead atoms. The Labute approximate surface area is 123 Å². The van der Waals surface area contributed by atoms with E-state index in [0.717, 1.165) is 22.9 Å². The summed E-state index contributed by atoms with van der Waals surface area (Å²) >= 11 is 3.40. The van der Waals surface area contributed by atoms with Gasteiger partial charge in [-0.1, -0.05) is 19.8 Å². The molecule has 0 radical (unpaired) electrons. The standard InChI is InChI=1S/C14H22BrNO3/c1-4-5-6-11(17)14(16)9-7-13(19-3)10(15)8-12(9)18-2/h7-8,11,14,17H,4-6,16H2,1-3H3/t11-,14+/m1/s1. The third-order valence-corrected chi connectivity index (χ3v) is 3.75. The molecule has 1 aromatic rings. The fourth-order valence-electron chi connectivity index (χ4n) is 1.94. The number of benzene rings is 1. The van der Waals surface area contributed by atoms with Gasteiger partial charge in [0.2, 0.25) is 0 Å². The maximum atomic E-state index is 10.1. The summed E-state index contributed by atoms with van der Waals surface area (Å²) in [7, 11) is 3.18. The Bertz CT molecular complexity index is 412. The Morgan fingerprint density at radius 1 is 1.26 bits per heavy atom. The molecule has 0 fully saturated rings. The Morgan fingerprint density at radius 3 is 2.42 bits per heavy atom. The molecule has 0 saturated heterocycles. The summed E-state index contributed by atoms with van der Waals surface area (Å²) in [6, 6.07) is 3.13. The summed E-state index contributed by atoms with van der Waals surface area (Å²) in [5.74, 6) is 1.32. The topological polar surface area (TPSA) is 64.7 Å². The lowest BCUT2D eigenvalue weighted by Gasteiger charge is -2.22. The lowest BCUT2D eigenvalue weighted by Crippen LogP contribution is -2.26. The Kier molecular flexibility index (Phi) is 6.62.